The van der Waals surface area contributed by atoms with Gasteiger partial charge in [0, 0.05) is 30.4 Å². The molecule has 5 heteroatoms. The third kappa shape index (κ3) is 2.84. The molecule has 0 radical (unpaired) electrons. The smallest absolute Gasteiger partial charge is 0.309 e. The zero-order chi connectivity index (χ0) is 12.6. The molecule has 0 unspecified atom stereocenters. The van der Waals surface area contributed by atoms with Crippen LogP contribution in [0.5, 0.6) is 0 Å². The molecule has 1 aliphatic heterocycles. The Hall–Kier alpha value is -0.940. The number of rotatable bonds is 3. The van der Waals surface area contributed by atoms with Crippen LogP contribution in [0, 0.1) is 5.92 Å². The summed E-state index contributed by atoms with van der Waals surface area (Å²) < 4.78 is 0. The molecule has 4 nitrogen and oxygen atoms in total. The SMILES string of the molecule is CC(C)(C)c1nc(CN2CC(C(=O)O)C2)cs1. The van der Waals surface area contributed by atoms with E-state index in [1.54, 1.807) is 11.3 Å². The summed E-state index contributed by atoms with van der Waals surface area (Å²) in [7, 11) is 0. The van der Waals surface area contributed by atoms with Gasteiger partial charge in [0.1, 0.15) is 0 Å². The number of likely N-dealkylation sites (tertiary alicyclic amines) is 1. The molecule has 0 amide bonds. The summed E-state index contributed by atoms with van der Waals surface area (Å²) in [6, 6.07) is 0. The Labute approximate surface area is 105 Å². The number of aliphatic carboxylic acids is 1. The average molecular weight is 254 g/mol. The fourth-order valence-electron chi connectivity index (χ4n) is 1.81. The van der Waals surface area contributed by atoms with Crippen molar-refractivity contribution in [3.63, 3.8) is 0 Å². The number of carboxylic acid groups (broad SMARTS) is 1. The molecule has 1 aromatic rings. The van der Waals surface area contributed by atoms with Gasteiger partial charge in [-0.05, 0) is 0 Å². The molecule has 1 saturated heterocycles. The van der Waals surface area contributed by atoms with Crippen molar-refractivity contribution in [3.05, 3.63) is 16.1 Å². The van der Waals surface area contributed by atoms with Crippen LogP contribution in [0.1, 0.15) is 31.5 Å². The highest BCUT2D eigenvalue weighted by atomic mass is 32.1. The summed E-state index contributed by atoms with van der Waals surface area (Å²) in [5, 5.41) is 12.0. The molecule has 1 fully saturated rings. The maximum absolute atomic E-state index is 10.7. The van der Waals surface area contributed by atoms with E-state index in [2.05, 4.69) is 36.0 Å². The highest BCUT2D eigenvalue weighted by Gasteiger charge is 2.32. The van der Waals surface area contributed by atoms with Gasteiger partial charge in [-0.3, -0.25) is 9.69 Å². The van der Waals surface area contributed by atoms with E-state index in [9.17, 15) is 4.79 Å². The second-order valence-corrected chi connectivity index (χ2v) is 6.48. The second-order valence-electron chi connectivity index (χ2n) is 5.62. The van der Waals surface area contributed by atoms with Crippen molar-refractivity contribution in [2.24, 2.45) is 5.92 Å². The minimum absolute atomic E-state index is 0.0987. The zero-order valence-electron chi connectivity index (χ0n) is 10.4. The number of nitrogens with zero attached hydrogens (tertiary/aromatic N) is 2. The van der Waals surface area contributed by atoms with E-state index in [4.69, 9.17) is 5.11 Å². The standard InChI is InChI=1S/C12H18N2O2S/c1-12(2,3)11-13-9(7-17-11)6-14-4-8(5-14)10(15)16/h7-8H,4-6H2,1-3H3,(H,15,16). The lowest BCUT2D eigenvalue weighted by molar-refractivity contribution is -0.147. The molecule has 94 valence electrons. The van der Waals surface area contributed by atoms with Crippen LogP contribution in [0.4, 0.5) is 0 Å². The molecule has 0 saturated carbocycles. The first kappa shape index (κ1) is 12.5. The van der Waals surface area contributed by atoms with E-state index in [0.29, 0.717) is 13.1 Å². The van der Waals surface area contributed by atoms with Crippen molar-refractivity contribution >= 4 is 17.3 Å². The first-order chi connectivity index (χ1) is 7.86. The monoisotopic (exact) mass is 254 g/mol. The van der Waals surface area contributed by atoms with Gasteiger partial charge in [-0.15, -0.1) is 11.3 Å². The van der Waals surface area contributed by atoms with Crippen LogP contribution >= 0.6 is 11.3 Å². The number of carboxylic acids is 1. The van der Waals surface area contributed by atoms with E-state index in [-0.39, 0.29) is 11.3 Å². The third-order valence-corrected chi connectivity index (χ3v) is 4.20. The second kappa shape index (κ2) is 4.38. The number of hydrogen-bond donors (Lipinski definition) is 1. The first-order valence-corrected chi connectivity index (χ1v) is 6.64. The maximum Gasteiger partial charge on any atom is 0.309 e. The zero-order valence-corrected chi connectivity index (χ0v) is 11.3. The predicted octanol–water partition coefficient (Wildman–Crippen LogP) is 1.96. The summed E-state index contributed by atoms with van der Waals surface area (Å²) >= 11 is 1.69. The van der Waals surface area contributed by atoms with Crippen LogP contribution in [0.25, 0.3) is 0 Å². The molecule has 2 rings (SSSR count). The molecule has 0 aliphatic carbocycles. The van der Waals surface area contributed by atoms with Crippen LogP contribution in [-0.2, 0) is 16.8 Å². The molecule has 0 bridgehead atoms. The van der Waals surface area contributed by atoms with Gasteiger partial charge in [0.2, 0.25) is 0 Å². The molecule has 0 aromatic carbocycles. The largest absolute Gasteiger partial charge is 0.481 e. The van der Waals surface area contributed by atoms with Crippen molar-refractivity contribution in [3.8, 4) is 0 Å². The van der Waals surface area contributed by atoms with Gasteiger partial charge >= 0.3 is 5.97 Å². The molecule has 0 atom stereocenters. The van der Waals surface area contributed by atoms with Crippen molar-refractivity contribution in [2.45, 2.75) is 32.7 Å². The van der Waals surface area contributed by atoms with Gasteiger partial charge in [-0.25, -0.2) is 4.98 Å². The fraction of sp³-hybridized carbons (Fsp3) is 0.667. The van der Waals surface area contributed by atoms with E-state index < -0.39 is 5.97 Å². The lowest BCUT2D eigenvalue weighted by Crippen LogP contribution is -2.49. The third-order valence-electron chi connectivity index (χ3n) is 2.89. The molecule has 1 aromatic heterocycles. The molecule has 1 aliphatic rings. The lowest BCUT2D eigenvalue weighted by atomic mass is 9.98. The average Bonchev–Trinajstić information content (AvgIpc) is 2.57. The molecule has 17 heavy (non-hydrogen) atoms. The van der Waals surface area contributed by atoms with Gasteiger partial charge in [0.25, 0.3) is 0 Å². The maximum atomic E-state index is 10.7. The number of hydrogen-bond acceptors (Lipinski definition) is 4. The summed E-state index contributed by atoms with van der Waals surface area (Å²) in [5.41, 5.74) is 1.16. The van der Waals surface area contributed by atoms with Crippen molar-refractivity contribution in [1.82, 2.24) is 9.88 Å². The normalized spacial score (nSPS) is 18.1. The number of carbonyl (C=O) groups is 1. The van der Waals surface area contributed by atoms with Gasteiger partial charge in [-0.2, -0.15) is 0 Å². The Bertz CT molecular complexity index is 416. The van der Waals surface area contributed by atoms with Gasteiger partial charge in [0.15, 0.2) is 0 Å². The number of aromatic nitrogens is 1. The lowest BCUT2D eigenvalue weighted by Gasteiger charge is -2.36. The van der Waals surface area contributed by atoms with Gasteiger partial charge < -0.3 is 5.11 Å². The highest BCUT2D eigenvalue weighted by Crippen LogP contribution is 2.27. The highest BCUT2D eigenvalue weighted by molar-refractivity contribution is 7.09. The van der Waals surface area contributed by atoms with E-state index in [0.717, 1.165) is 17.2 Å². The Morgan fingerprint density at radius 3 is 2.71 bits per heavy atom. The van der Waals surface area contributed by atoms with Crippen LogP contribution < -0.4 is 0 Å². The Morgan fingerprint density at radius 2 is 2.24 bits per heavy atom. The summed E-state index contributed by atoms with van der Waals surface area (Å²) in [4.78, 5) is 17.4. The fourth-order valence-corrected chi connectivity index (χ4v) is 2.71. The molecule has 1 N–H and O–H groups in total. The minimum Gasteiger partial charge on any atom is -0.481 e. The first-order valence-electron chi connectivity index (χ1n) is 5.76. The molecule has 2 heterocycles. The Balaban J connectivity index is 1.89. The van der Waals surface area contributed by atoms with Crippen LogP contribution in [0.3, 0.4) is 0 Å². The van der Waals surface area contributed by atoms with E-state index in [1.165, 1.54) is 0 Å². The number of thiazole rings is 1. The minimum atomic E-state index is -0.685. The van der Waals surface area contributed by atoms with Crippen LogP contribution in [0.2, 0.25) is 0 Å². The Morgan fingerprint density at radius 1 is 1.59 bits per heavy atom. The van der Waals surface area contributed by atoms with E-state index >= 15 is 0 Å². The van der Waals surface area contributed by atoms with Crippen LogP contribution in [0.15, 0.2) is 5.38 Å². The van der Waals surface area contributed by atoms with Crippen molar-refractivity contribution in [1.29, 1.82) is 0 Å². The van der Waals surface area contributed by atoms with Gasteiger partial charge in [0.05, 0.1) is 16.6 Å². The molecule has 0 spiro atoms. The summed E-state index contributed by atoms with van der Waals surface area (Å²) in [6.07, 6.45) is 0. The molecular formula is C12H18N2O2S. The summed E-state index contributed by atoms with van der Waals surface area (Å²) in [5.74, 6) is -0.870. The Kier molecular flexibility index (Phi) is 3.23. The van der Waals surface area contributed by atoms with Crippen molar-refractivity contribution in [2.75, 3.05) is 13.1 Å². The quantitative estimate of drug-likeness (QED) is 0.896. The van der Waals surface area contributed by atoms with E-state index in [1.807, 2.05) is 0 Å². The predicted molar refractivity (Wildman–Crippen MR) is 67.2 cm³/mol. The van der Waals surface area contributed by atoms with Crippen LogP contribution in [-0.4, -0.2) is 34.0 Å². The summed E-state index contributed by atoms with van der Waals surface area (Å²) in [6.45, 7) is 8.53. The van der Waals surface area contributed by atoms with Crippen molar-refractivity contribution < 1.29 is 9.90 Å². The topological polar surface area (TPSA) is 53.4 Å². The molecular weight excluding hydrogens is 236 g/mol. The van der Waals surface area contributed by atoms with Gasteiger partial charge in [-0.1, -0.05) is 20.8 Å².